The number of aliphatic hydroxyl groups is 1. The number of ether oxygens (including phenoxy) is 3. The predicted octanol–water partition coefficient (Wildman–Crippen LogP) is 2.07. The Morgan fingerprint density at radius 2 is 1.83 bits per heavy atom. The number of fused-ring (bicyclic) bond motifs is 1. The number of methoxy groups -OCH3 is 1. The number of Topliss-reactive ketones (excluding diaryl/α,β-unsaturated/α-hetero) is 1. The van der Waals surface area contributed by atoms with Crippen molar-refractivity contribution in [1.82, 2.24) is 20.9 Å². The lowest BCUT2D eigenvalue weighted by atomic mass is 9.94. The highest BCUT2D eigenvalue weighted by Crippen LogP contribution is 2.28. The summed E-state index contributed by atoms with van der Waals surface area (Å²) in [7, 11) is 1.58. The summed E-state index contributed by atoms with van der Waals surface area (Å²) in [5.74, 6) is -1.04. The van der Waals surface area contributed by atoms with Crippen LogP contribution in [0.15, 0.2) is 30.3 Å². The number of benzene rings is 1. The smallest absolute Gasteiger partial charge is 0.245 e. The first-order valence-electron chi connectivity index (χ1n) is 16.6. The van der Waals surface area contributed by atoms with Gasteiger partial charge in [-0.25, -0.2) is 0 Å². The summed E-state index contributed by atoms with van der Waals surface area (Å²) in [6.45, 7) is 8.53. The van der Waals surface area contributed by atoms with Crippen LogP contribution in [0.3, 0.4) is 0 Å². The van der Waals surface area contributed by atoms with Crippen LogP contribution in [-0.4, -0.2) is 103 Å². The van der Waals surface area contributed by atoms with E-state index < -0.39 is 47.8 Å². The highest BCUT2D eigenvalue weighted by atomic mass is 16.7. The van der Waals surface area contributed by atoms with Gasteiger partial charge in [0, 0.05) is 20.1 Å². The van der Waals surface area contributed by atoms with E-state index in [9.17, 15) is 24.3 Å². The van der Waals surface area contributed by atoms with E-state index in [1.165, 1.54) is 0 Å². The molecule has 0 bridgehead atoms. The molecule has 1 aromatic carbocycles. The van der Waals surface area contributed by atoms with Crippen molar-refractivity contribution in [2.75, 3.05) is 33.7 Å². The maximum Gasteiger partial charge on any atom is 0.245 e. The monoisotopic (exact) mass is 646 g/mol. The fourth-order valence-electron chi connectivity index (χ4n) is 5.96. The summed E-state index contributed by atoms with van der Waals surface area (Å²) < 4.78 is 15.6. The lowest BCUT2D eigenvalue weighted by Gasteiger charge is -2.39. The maximum atomic E-state index is 13.7. The number of nitrogens with one attached hydrogen (secondary N) is 3. The molecular weight excluding hydrogens is 592 g/mol. The number of unbranched alkanes of at least 4 members (excludes halogenated alkanes) is 2. The minimum Gasteiger partial charge on any atom is -0.382 e. The van der Waals surface area contributed by atoms with Gasteiger partial charge in [-0.15, -0.1) is 0 Å². The number of hydrogen-bond acceptors (Lipinski definition) is 9. The zero-order valence-corrected chi connectivity index (χ0v) is 28.1. The van der Waals surface area contributed by atoms with Crippen LogP contribution in [0.25, 0.3) is 0 Å². The second kappa shape index (κ2) is 18.4. The highest BCUT2D eigenvalue weighted by molar-refractivity contribution is 5.95. The number of nitrogens with zero attached hydrogens (tertiary/aromatic N) is 1. The van der Waals surface area contributed by atoms with E-state index >= 15 is 0 Å². The van der Waals surface area contributed by atoms with E-state index in [0.717, 1.165) is 5.56 Å². The summed E-state index contributed by atoms with van der Waals surface area (Å²) in [5.41, 5.74) is -0.327. The average Bonchev–Trinajstić information content (AvgIpc) is 3.44. The molecule has 3 rings (SSSR count). The van der Waals surface area contributed by atoms with Crippen LogP contribution in [0, 0.1) is 5.92 Å². The molecule has 7 atom stereocenters. The van der Waals surface area contributed by atoms with Gasteiger partial charge in [0.15, 0.2) is 5.78 Å². The highest BCUT2D eigenvalue weighted by Gasteiger charge is 2.45. The molecule has 258 valence electrons. The molecule has 2 heterocycles. The van der Waals surface area contributed by atoms with E-state index in [2.05, 4.69) is 16.0 Å². The van der Waals surface area contributed by atoms with Crippen molar-refractivity contribution in [2.45, 2.75) is 115 Å². The summed E-state index contributed by atoms with van der Waals surface area (Å²) >= 11 is 0. The molecule has 2 aliphatic heterocycles. The third-order valence-electron chi connectivity index (χ3n) is 9.11. The molecule has 1 aromatic rings. The van der Waals surface area contributed by atoms with E-state index in [-0.39, 0.29) is 24.4 Å². The first-order valence-corrected chi connectivity index (χ1v) is 16.6. The van der Waals surface area contributed by atoms with Crippen LogP contribution in [0.2, 0.25) is 0 Å². The van der Waals surface area contributed by atoms with Gasteiger partial charge in [-0.2, -0.15) is 0 Å². The molecule has 1 unspecified atom stereocenters. The average molecular weight is 647 g/mol. The molecule has 2 fully saturated rings. The lowest BCUT2D eigenvalue weighted by molar-refractivity contribution is -0.141. The van der Waals surface area contributed by atoms with Crippen molar-refractivity contribution in [3.63, 3.8) is 0 Å². The summed E-state index contributed by atoms with van der Waals surface area (Å²) in [5, 5.41) is 20.5. The van der Waals surface area contributed by atoms with E-state index in [1.54, 1.807) is 25.9 Å². The molecule has 46 heavy (non-hydrogen) atoms. The van der Waals surface area contributed by atoms with Crippen LogP contribution < -0.4 is 16.0 Å². The third kappa shape index (κ3) is 10.8. The third-order valence-corrected chi connectivity index (χ3v) is 9.11. The number of carbonyl (C=O) groups excluding carboxylic acids is 4. The Hall–Kier alpha value is -2.90. The van der Waals surface area contributed by atoms with Crippen molar-refractivity contribution >= 4 is 23.5 Å². The van der Waals surface area contributed by atoms with Gasteiger partial charge in [-0.3, -0.25) is 24.1 Å². The molecule has 2 saturated heterocycles. The quantitative estimate of drug-likeness (QED) is 0.156. The van der Waals surface area contributed by atoms with Crippen LogP contribution in [0.4, 0.5) is 0 Å². The summed E-state index contributed by atoms with van der Waals surface area (Å²) in [6, 6.07) is 7.35. The molecule has 0 spiro atoms. The molecule has 0 radical (unpaired) electrons. The maximum absolute atomic E-state index is 13.7. The molecule has 3 amide bonds. The molecule has 12 heteroatoms. The molecule has 12 nitrogen and oxygen atoms in total. The molecule has 0 saturated carbocycles. The lowest BCUT2D eigenvalue weighted by Crippen LogP contribution is -2.66. The SMILES string of the molecule is CC[C@]1(C)NC(=O)[C@H](CCCCCC(=O)[C@@H](C)OCOCCOC)NC(=O)[C@H]2C[C@H](C)CN2C(O)[C@H](Cc2ccccc2)NC1=O. The summed E-state index contributed by atoms with van der Waals surface area (Å²) in [6.07, 6.45) is 2.02. The largest absolute Gasteiger partial charge is 0.382 e. The number of amides is 3. The van der Waals surface area contributed by atoms with Crippen molar-refractivity contribution in [3.8, 4) is 0 Å². The zero-order chi connectivity index (χ0) is 33.7. The standard InChI is InChI=1S/C34H54N4O8/c1-6-34(4)33(43)36-27(20-25-13-9-7-10-14-25)32(42)38-21-23(2)19-28(38)31(41)35-26(30(40)37-34)15-11-8-12-16-29(39)24(3)46-22-45-18-17-44-5/h7,9-10,13-14,23-24,26-28,32,42H,6,8,11-12,15-22H2,1-5H3,(H,35,41)(H,36,43)(H,37,40)/t23-,24+,26-,27-,28+,32?,34-/m0/s1. The first-order chi connectivity index (χ1) is 22.0. The van der Waals surface area contributed by atoms with E-state index in [4.69, 9.17) is 14.2 Å². The Morgan fingerprint density at radius 3 is 2.52 bits per heavy atom. The molecule has 0 aliphatic carbocycles. The van der Waals surface area contributed by atoms with Crippen LogP contribution in [0.1, 0.15) is 78.2 Å². The normalized spacial score (nSPS) is 28.3. The van der Waals surface area contributed by atoms with Gasteiger partial charge in [-0.1, -0.05) is 57.0 Å². The van der Waals surface area contributed by atoms with Gasteiger partial charge in [0.1, 0.15) is 30.7 Å². The van der Waals surface area contributed by atoms with Gasteiger partial charge in [-0.05, 0) is 57.4 Å². The molecule has 2 aliphatic rings. The van der Waals surface area contributed by atoms with Crippen molar-refractivity contribution in [1.29, 1.82) is 0 Å². The van der Waals surface area contributed by atoms with Crippen molar-refractivity contribution in [2.24, 2.45) is 5.92 Å². The fraction of sp³-hybridized carbons (Fsp3) is 0.706. The molecule has 4 N–H and O–H groups in total. The number of aliphatic hydroxyl groups excluding tert-OH is 1. The van der Waals surface area contributed by atoms with E-state index in [0.29, 0.717) is 71.1 Å². The Bertz CT molecular complexity index is 1140. The first kappa shape index (κ1) is 37.6. The fourth-order valence-corrected chi connectivity index (χ4v) is 5.96. The number of rotatable bonds is 16. The van der Waals surface area contributed by atoms with Gasteiger partial charge < -0.3 is 35.3 Å². The Kier molecular flexibility index (Phi) is 15.1. The topological polar surface area (TPSA) is 156 Å². The van der Waals surface area contributed by atoms with Crippen molar-refractivity contribution in [3.05, 3.63) is 35.9 Å². The molecule has 0 aromatic heterocycles. The number of carbonyl (C=O) groups is 4. The van der Waals surface area contributed by atoms with Gasteiger partial charge in [0.05, 0.1) is 25.3 Å². The Labute approximate surface area is 273 Å². The van der Waals surface area contributed by atoms with E-state index in [1.807, 2.05) is 44.2 Å². The minimum absolute atomic E-state index is 0.0172. The Morgan fingerprint density at radius 1 is 1.09 bits per heavy atom. The predicted molar refractivity (Wildman–Crippen MR) is 172 cm³/mol. The minimum atomic E-state index is -1.26. The van der Waals surface area contributed by atoms with Crippen molar-refractivity contribution < 1.29 is 38.5 Å². The zero-order valence-electron chi connectivity index (χ0n) is 28.1. The molecular formula is C34H54N4O8. The Balaban J connectivity index is 1.67. The second-order valence-electron chi connectivity index (χ2n) is 12.9. The van der Waals surface area contributed by atoms with Gasteiger partial charge >= 0.3 is 0 Å². The van der Waals surface area contributed by atoms with Crippen LogP contribution in [0.5, 0.6) is 0 Å². The van der Waals surface area contributed by atoms with Crippen LogP contribution in [-0.2, 0) is 39.8 Å². The van der Waals surface area contributed by atoms with Gasteiger partial charge in [0.25, 0.3) is 0 Å². The number of ketones is 1. The number of hydrogen-bond donors (Lipinski definition) is 4. The van der Waals surface area contributed by atoms with Gasteiger partial charge in [0.2, 0.25) is 17.7 Å². The van der Waals surface area contributed by atoms with Crippen LogP contribution >= 0.6 is 0 Å². The second-order valence-corrected chi connectivity index (χ2v) is 12.9. The summed E-state index contributed by atoms with van der Waals surface area (Å²) in [4.78, 5) is 55.3.